The van der Waals surface area contributed by atoms with Crippen molar-refractivity contribution in [3.63, 3.8) is 0 Å². The van der Waals surface area contributed by atoms with E-state index in [0.29, 0.717) is 12.3 Å². The number of methoxy groups -OCH3 is 1. The van der Waals surface area contributed by atoms with Crippen molar-refractivity contribution in [3.8, 4) is 11.6 Å². The number of benzene rings is 1. The van der Waals surface area contributed by atoms with Gasteiger partial charge in [-0.1, -0.05) is 32.3 Å². The van der Waals surface area contributed by atoms with Gasteiger partial charge in [-0.15, -0.1) is 6.58 Å². The standard InChI is InChI=1S/C38H51N2O8P/c1-5-28-20-38(28,49(4,44)45)21-33(41)32-18-29-22-40(32)37(43)31(25-11-7-6-8-12-25)19-35(42)47-23-24(2)10-9-13-27-16-30-26(17-34(27)46-3)14-15-39-36(30)48-29/h5,14-17,24-25,28-29,31-32H,1,6-13,18-23H2,2-4H3,(H,44,45)/t24-,28?,29-,31+,32+,38?/m1/s1. The number of Topliss-reactive ketones (excluding diaryl/α,β-unsaturated/α-hetero) is 1. The summed E-state index contributed by atoms with van der Waals surface area (Å²) in [6, 6.07) is 5.08. The number of aromatic nitrogens is 1. The average molecular weight is 695 g/mol. The Hall–Kier alpha value is -3.23. The summed E-state index contributed by atoms with van der Waals surface area (Å²) >= 11 is 0. The number of hydrogen-bond acceptors (Lipinski definition) is 8. The first kappa shape index (κ1) is 35.6. The van der Waals surface area contributed by atoms with Crippen LogP contribution < -0.4 is 9.47 Å². The van der Waals surface area contributed by atoms with E-state index in [1.165, 1.54) is 6.66 Å². The van der Waals surface area contributed by atoms with E-state index in [4.69, 9.17) is 14.2 Å². The Morgan fingerprint density at radius 3 is 2.67 bits per heavy atom. The number of cyclic esters (lactones) is 1. The van der Waals surface area contributed by atoms with Gasteiger partial charge >= 0.3 is 5.97 Å². The van der Waals surface area contributed by atoms with Gasteiger partial charge < -0.3 is 24.0 Å². The second kappa shape index (κ2) is 14.6. The van der Waals surface area contributed by atoms with Gasteiger partial charge in [0.05, 0.1) is 43.8 Å². The monoisotopic (exact) mass is 694 g/mol. The van der Waals surface area contributed by atoms with Gasteiger partial charge in [-0.25, -0.2) is 4.98 Å². The molecular formula is C38H51N2O8P. The Labute approximate surface area is 289 Å². The molecular weight excluding hydrogens is 643 g/mol. The molecule has 11 heteroatoms. The maximum absolute atomic E-state index is 14.7. The first-order valence-corrected chi connectivity index (χ1v) is 20.1. The van der Waals surface area contributed by atoms with Gasteiger partial charge in [-0.05, 0) is 85.4 Å². The van der Waals surface area contributed by atoms with Gasteiger partial charge in [0.1, 0.15) is 11.9 Å². The number of ether oxygens (including phenoxy) is 3. The molecule has 1 saturated heterocycles. The Morgan fingerprint density at radius 2 is 1.98 bits per heavy atom. The van der Waals surface area contributed by atoms with Gasteiger partial charge in [0.15, 0.2) is 5.78 Å². The molecule has 1 amide bonds. The zero-order chi connectivity index (χ0) is 34.9. The van der Waals surface area contributed by atoms with Crippen molar-refractivity contribution >= 4 is 35.8 Å². The molecule has 10 nitrogen and oxygen atoms in total. The van der Waals surface area contributed by atoms with Crippen molar-refractivity contribution in [2.75, 3.05) is 26.9 Å². The SMILES string of the molecule is C=CC1CC1(CC(=O)[C@@H]1C[C@@H]2CN1C(=O)[C@H](C1CCCCC1)CC(=O)OC[C@H](C)CCCc1cc3c(nccc3cc1OC)O2)P(C)(=O)O. The minimum absolute atomic E-state index is 0.00824. The highest BCUT2D eigenvalue weighted by Crippen LogP contribution is 2.71. The maximum Gasteiger partial charge on any atom is 0.306 e. The van der Waals surface area contributed by atoms with E-state index in [9.17, 15) is 23.8 Å². The van der Waals surface area contributed by atoms with Crippen LogP contribution in [-0.4, -0.2) is 76.7 Å². The molecule has 1 aromatic carbocycles. The van der Waals surface area contributed by atoms with Crippen molar-refractivity contribution in [1.82, 2.24) is 9.88 Å². The first-order valence-electron chi connectivity index (χ1n) is 18.0. The lowest BCUT2D eigenvalue weighted by atomic mass is 9.77. The Balaban J connectivity index is 1.37. The molecule has 2 aliphatic heterocycles. The molecule has 49 heavy (non-hydrogen) atoms. The lowest BCUT2D eigenvalue weighted by molar-refractivity contribution is -0.152. The molecule has 2 aliphatic carbocycles. The Bertz CT molecular complexity index is 1630. The first-order chi connectivity index (χ1) is 23.4. The lowest BCUT2D eigenvalue weighted by Crippen LogP contribution is -2.47. The normalized spacial score (nSPS) is 31.3. The van der Waals surface area contributed by atoms with Crippen LogP contribution >= 0.6 is 7.37 Å². The predicted molar refractivity (Wildman–Crippen MR) is 187 cm³/mol. The van der Waals surface area contributed by atoms with Gasteiger partial charge in [0, 0.05) is 31.1 Å². The molecule has 3 unspecified atom stereocenters. The van der Waals surface area contributed by atoms with E-state index < -0.39 is 36.6 Å². The van der Waals surface area contributed by atoms with Crippen LogP contribution in [0.4, 0.5) is 0 Å². The van der Waals surface area contributed by atoms with E-state index in [1.807, 2.05) is 12.1 Å². The van der Waals surface area contributed by atoms with Crippen LogP contribution in [0.25, 0.3) is 10.8 Å². The Kier molecular flexibility index (Phi) is 10.6. The van der Waals surface area contributed by atoms with Gasteiger partial charge in [0.2, 0.25) is 19.2 Å². The summed E-state index contributed by atoms with van der Waals surface area (Å²) in [4.78, 5) is 59.2. The molecule has 3 fully saturated rings. The highest BCUT2D eigenvalue weighted by Gasteiger charge is 2.63. The molecule has 1 N–H and O–H groups in total. The summed E-state index contributed by atoms with van der Waals surface area (Å²) in [5.74, 6) is -0.411. The van der Waals surface area contributed by atoms with Crippen LogP contribution in [0.3, 0.4) is 0 Å². The summed E-state index contributed by atoms with van der Waals surface area (Å²) in [7, 11) is -2.00. The van der Waals surface area contributed by atoms with E-state index >= 15 is 0 Å². The predicted octanol–water partition coefficient (Wildman–Crippen LogP) is 6.50. The second-order valence-electron chi connectivity index (χ2n) is 15.0. The molecule has 1 aromatic heterocycles. The molecule has 4 bridgehead atoms. The van der Waals surface area contributed by atoms with Crippen LogP contribution in [-0.2, 0) is 30.1 Å². The minimum atomic E-state index is -3.66. The van der Waals surface area contributed by atoms with Gasteiger partial charge in [0.25, 0.3) is 0 Å². The molecule has 0 radical (unpaired) electrons. The number of hydrogen-bond donors (Lipinski definition) is 1. The number of aryl methyl sites for hydroxylation is 1. The highest BCUT2D eigenvalue weighted by atomic mass is 31.2. The third-order valence-corrected chi connectivity index (χ3v) is 13.9. The number of carbonyl (C=O) groups is 3. The molecule has 2 saturated carbocycles. The summed E-state index contributed by atoms with van der Waals surface area (Å²) in [5.41, 5.74) is 1.02. The van der Waals surface area contributed by atoms with E-state index in [1.54, 1.807) is 24.3 Å². The number of amides is 1. The van der Waals surface area contributed by atoms with Crippen LogP contribution in [0, 0.1) is 23.7 Å². The van der Waals surface area contributed by atoms with Crippen molar-refractivity contribution < 1.29 is 38.1 Å². The van der Waals surface area contributed by atoms with Crippen LogP contribution in [0.1, 0.15) is 83.1 Å². The number of fused-ring (bicyclic) bond motifs is 3. The second-order valence-corrected chi connectivity index (χ2v) is 17.7. The summed E-state index contributed by atoms with van der Waals surface area (Å²) in [6.45, 7) is 7.63. The van der Waals surface area contributed by atoms with Crippen LogP contribution in [0.15, 0.2) is 37.1 Å². The quantitative estimate of drug-likeness (QED) is 0.196. The molecule has 3 heterocycles. The molecule has 4 aliphatic rings. The van der Waals surface area contributed by atoms with Crippen LogP contribution in [0.5, 0.6) is 11.6 Å². The number of rotatable bonds is 7. The third-order valence-electron chi connectivity index (χ3n) is 11.6. The Morgan fingerprint density at radius 1 is 1.20 bits per heavy atom. The summed E-state index contributed by atoms with van der Waals surface area (Å²) in [6.07, 6.45) is 10.5. The number of carbonyl (C=O) groups excluding carboxylic acids is 3. The zero-order valence-electron chi connectivity index (χ0n) is 29.1. The number of ketones is 1. The van der Waals surface area contributed by atoms with E-state index in [2.05, 4.69) is 24.6 Å². The van der Waals surface area contributed by atoms with Crippen LogP contribution in [0.2, 0.25) is 0 Å². The molecule has 6 rings (SSSR count). The maximum atomic E-state index is 14.7. The number of esters is 1. The zero-order valence-corrected chi connectivity index (χ0v) is 30.0. The highest BCUT2D eigenvalue weighted by molar-refractivity contribution is 7.59. The van der Waals surface area contributed by atoms with Crippen molar-refractivity contribution in [2.45, 2.75) is 101 Å². The number of nitrogens with zero attached hydrogens (tertiary/aromatic N) is 2. The minimum Gasteiger partial charge on any atom is -0.496 e. The molecule has 2 aromatic rings. The lowest BCUT2D eigenvalue weighted by Gasteiger charge is -2.34. The largest absolute Gasteiger partial charge is 0.496 e. The fourth-order valence-electron chi connectivity index (χ4n) is 8.56. The summed E-state index contributed by atoms with van der Waals surface area (Å²) < 4.78 is 31.2. The molecule has 0 spiro atoms. The average Bonchev–Trinajstić information content (AvgIpc) is 3.66. The van der Waals surface area contributed by atoms with Gasteiger partial charge in [-0.3, -0.25) is 18.9 Å². The van der Waals surface area contributed by atoms with Crippen molar-refractivity contribution in [2.24, 2.45) is 23.7 Å². The van der Waals surface area contributed by atoms with E-state index in [0.717, 1.165) is 73.5 Å². The van der Waals surface area contributed by atoms with Crippen molar-refractivity contribution in [1.29, 1.82) is 0 Å². The van der Waals surface area contributed by atoms with Crippen molar-refractivity contribution in [3.05, 3.63) is 42.6 Å². The fraction of sp³-hybridized carbons (Fsp3) is 0.632. The van der Waals surface area contributed by atoms with Gasteiger partial charge in [-0.2, -0.15) is 0 Å². The number of allylic oxidation sites excluding steroid dienone is 1. The molecule has 266 valence electrons. The third kappa shape index (κ3) is 7.46. The van der Waals surface area contributed by atoms with E-state index in [-0.39, 0.29) is 61.9 Å². The number of pyridine rings is 1. The smallest absolute Gasteiger partial charge is 0.306 e. The topological polar surface area (TPSA) is 132 Å². The summed E-state index contributed by atoms with van der Waals surface area (Å²) in [5, 5.41) is 0.665. The fourth-order valence-corrected chi connectivity index (χ4v) is 10.3. The molecule has 7 atom stereocenters.